The minimum Gasteiger partial charge on any atom is -0.403 e. The molecule has 3 heterocycles. The maximum Gasteiger partial charge on any atom is 0.337 e. The molecule has 3 aromatic rings. The second kappa shape index (κ2) is 7.41. The van der Waals surface area contributed by atoms with E-state index < -0.39 is 11.2 Å². The number of aromatic nitrogens is 2. The summed E-state index contributed by atoms with van der Waals surface area (Å²) in [4.78, 5) is 35.6. The van der Waals surface area contributed by atoms with E-state index in [1.54, 1.807) is 7.11 Å². The van der Waals surface area contributed by atoms with Crippen molar-refractivity contribution >= 4 is 28.1 Å². The molecule has 8 nitrogen and oxygen atoms in total. The molecule has 25 heavy (non-hydrogen) atoms. The molecule has 130 valence electrons. The summed E-state index contributed by atoms with van der Waals surface area (Å²) in [5.41, 5.74) is 0.829. The molecular weight excluding hydrogens is 346 g/mol. The standard InChI is InChI=1S/C16H15N3O5S/c1-3-9-6-12(20)23-15-13(9)14(21)17-16(18-15)24-19-11(7-22-2)10-4-5-25-8-10/h4-6,8H,3,7H2,1-2H3,(H,17,18,21)/b19-11+. The van der Waals surface area contributed by atoms with Crippen LogP contribution in [0.3, 0.4) is 0 Å². The van der Waals surface area contributed by atoms with Gasteiger partial charge in [0.2, 0.25) is 5.71 Å². The summed E-state index contributed by atoms with van der Waals surface area (Å²) in [5, 5.41) is 8.01. The van der Waals surface area contributed by atoms with Crippen LogP contribution in [0.4, 0.5) is 0 Å². The van der Waals surface area contributed by atoms with Crippen molar-refractivity contribution in [2.75, 3.05) is 13.7 Å². The number of methoxy groups -OCH3 is 1. The van der Waals surface area contributed by atoms with Crippen molar-refractivity contribution in [2.24, 2.45) is 5.16 Å². The van der Waals surface area contributed by atoms with E-state index in [9.17, 15) is 9.59 Å². The number of hydrogen-bond acceptors (Lipinski definition) is 8. The monoisotopic (exact) mass is 361 g/mol. The number of oxime groups is 1. The SMILES string of the molecule is CCc1cc(=O)oc2nc(O/N=C(\COC)c3ccsc3)[nH]c(=O)c12. The molecule has 0 atom stereocenters. The molecule has 0 aromatic carbocycles. The minimum atomic E-state index is -0.574. The Labute approximate surface area is 145 Å². The predicted octanol–water partition coefficient (Wildman–Crippen LogP) is 1.93. The zero-order valence-corrected chi connectivity index (χ0v) is 14.4. The third-order valence-corrected chi connectivity index (χ3v) is 4.12. The molecule has 0 saturated carbocycles. The summed E-state index contributed by atoms with van der Waals surface area (Å²) < 4.78 is 10.1. The van der Waals surface area contributed by atoms with Gasteiger partial charge < -0.3 is 14.0 Å². The van der Waals surface area contributed by atoms with Crippen LogP contribution < -0.4 is 16.0 Å². The highest BCUT2D eigenvalue weighted by Crippen LogP contribution is 2.14. The minimum absolute atomic E-state index is 0.0814. The van der Waals surface area contributed by atoms with Crippen LogP contribution >= 0.6 is 11.3 Å². The molecule has 0 radical (unpaired) electrons. The van der Waals surface area contributed by atoms with Gasteiger partial charge in [-0.25, -0.2) is 4.79 Å². The van der Waals surface area contributed by atoms with Crippen LogP contribution in [-0.2, 0) is 11.2 Å². The number of H-pyrrole nitrogens is 1. The Hall–Kier alpha value is -2.78. The van der Waals surface area contributed by atoms with Crippen molar-refractivity contribution in [3.63, 3.8) is 0 Å². The molecule has 0 bridgehead atoms. The summed E-state index contributed by atoms with van der Waals surface area (Å²) in [7, 11) is 1.54. The average Bonchev–Trinajstić information content (AvgIpc) is 3.11. The maximum atomic E-state index is 12.3. The van der Waals surface area contributed by atoms with E-state index in [1.807, 2.05) is 23.8 Å². The zero-order valence-electron chi connectivity index (χ0n) is 13.6. The molecule has 0 aliphatic carbocycles. The molecule has 0 aliphatic heterocycles. The Kier molecular flexibility index (Phi) is 5.05. The Balaban J connectivity index is 2.00. The molecule has 0 saturated heterocycles. The fraction of sp³-hybridized carbons (Fsp3) is 0.250. The fourth-order valence-corrected chi connectivity index (χ4v) is 2.94. The number of fused-ring (bicyclic) bond motifs is 1. The summed E-state index contributed by atoms with van der Waals surface area (Å²) in [6.07, 6.45) is 0.501. The number of nitrogens with one attached hydrogen (secondary N) is 1. The second-order valence-corrected chi connectivity index (χ2v) is 5.85. The smallest absolute Gasteiger partial charge is 0.337 e. The number of hydrogen-bond donors (Lipinski definition) is 1. The first-order valence-corrected chi connectivity index (χ1v) is 8.39. The van der Waals surface area contributed by atoms with Gasteiger partial charge in [-0.2, -0.15) is 16.3 Å². The zero-order chi connectivity index (χ0) is 17.8. The predicted molar refractivity (Wildman–Crippen MR) is 93.6 cm³/mol. The number of ether oxygens (including phenoxy) is 1. The quantitative estimate of drug-likeness (QED) is 0.531. The Morgan fingerprint density at radius 1 is 1.44 bits per heavy atom. The van der Waals surface area contributed by atoms with Crippen molar-refractivity contribution in [1.29, 1.82) is 0 Å². The van der Waals surface area contributed by atoms with Crippen LogP contribution in [0.2, 0.25) is 0 Å². The van der Waals surface area contributed by atoms with Crippen LogP contribution in [0.25, 0.3) is 11.1 Å². The van der Waals surface area contributed by atoms with E-state index in [2.05, 4.69) is 15.1 Å². The summed E-state index contributed by atoms with van der Waals surface area (Å²) >= 11 is 1.51. The molecule has 0 spiro atoms. The third-order valence-electron chi connectivity index (χ3n) is 3.43. The highest BCUT2D eigenvalue weighted by atomic mass is 32.1. The largest absolute Gasteiger partial charge is 0.403 e. The van der Waals surface area contributed by atoms with E-state index in [1.165, 1.54) is 17.4 Å². The van der Waals surface area contributed by atoms with Crippen molar-refractivity contribution in [2.45, 2.75) is 13.3 Å². The van der Waals surface area contributed by atoms with Gasteiger partial charge in [-0.15, -0.1) is 0 Å². The number of aryl methyl sites for hydroxylation is 1. The lowest BCUT2D eigenvalue weighted by Gasteiger charge is -2.05. The molecular formula is C16H15N3O5S. The van der Waals surface area contributed by atoms with Crippen molar-refractivity contribution < 1.29 is 14.0 Å². The second-order valence-electron chi connectivity index (χ2n) is 5.07. The van der Waals surface area contributed by atoms with Crippen molar-refractivity contribution in [3.05, 3.63) is 54.8 Å². The van der Waals surface area contributed by atoms with Gasteiger partial charge in [0.15, 0.2) is 0 Å². The van der Waals surface area contributed by atoms with E-state index in [-0.39, 0.29) is 23.7 Å². The van der Waals surface area contributed by atoms with Crippen molar-refractivity contribution in [3.8, 4) is 6.01 Å². The highest BCUT2D eigenvalue weighted by Gasteiger charge is 2.13. The number of nitrogens with zero attached hydrogens (tertiary/aromatic N) is 2. The maximum absolute atomic E-state index is 12.3. The highest BCUT2D eigenvalue weighted by molar-refractivity contribution is 7.08. The van der Waals surface area contributed by atoms with E-state index in [0.29, 0.717) is 17.7 Å². The number of thiophene rings is 1. The lowest BCUT2D eigenvalue weighted by Crippen LogP contribution is -2.15. The van der Waals surface area contributed by atoms with Gasteiger partial charge in [-0.1, -0.05) is 12.1 Å². The van der Waals surface area contributed by atoms with Crippen molar-refractivity contribution in [1.82, 2.24) is 9.97 Å². The molecule has 3 rings (SSSR count). The molecule has 9 heteroatoms. The van der Waals surface area contributed by atoms with Gasteiger partial charge >= 0.3 is 11.6 Å². The number of aromatic amines is 1. The van der Waals surface area contributed by atoms with Crippen LogP contribution in [-0.4, -0.2) is 29.4 Å². The average molecular weight is 361 g/mol. The summed E-state index contributed by atoms with van der Waals surface area (Å²) in [6, 6.07) is 2.98. The van der Waals surface area contributed by atoms with Crippen LogP contribution in [0.5, 0.6) is 6.01 Å². The van der Waals surface area contributed by atoms with Gasteiger partial charge in [-0.3, -0.25) is 9.78 Å². The molecule has 0 unspecified atom stereocenters. The first-order chi connectivity index (χ1) is 12.1. The molecule has 1 N–H and O–H groups in total. The molecule has 3 aromatic heterocycles. The lowest BCUT2D eigenvalue weighted by atomic mass is 10.1. The van der Waals surface area contributed by atoms with Gasteiger partial charge in [0, 0.05) is 18.7 Å². The third kappa shape index (κ3) is 3.67. The summed E-state index contributed by atoms with van der Waals surface area (Å²) in [6.45, 7) is 2.06. The Morgan fingerprint density at radius 2 is 2.28 bits per heavy atom. The molecule has 0 aliphatic rings. The Bertz CT molecular complexity index is 1020. The van der Waals surface area contributed by atoms with E-state index in [4.69, 9.17) is 14.0 Å². The van der Waals surface area contributed by atoms with Crippen LogP contribution in [0, 0.1) is 0 Å². The first kappa shape index (κ1) is 17.1. The number of rotatable bonds is 6. The topological polar surface area (TPSA) is 107 Å². The lowest BCUT2D eigenvalue weighted by molar-refractivity contribution is 0.238. The van der Waals surface area contributed by atoms with Gasteiger partial charge in [0.05, 0.1) is 6.61 Å². The molecule has 0 amide bonds. The van der Waals surface area contributed by atoms with Gasteiger partial charge in [-0.05, 0) is 28.8 Å². The van der Waals surface area contributed by atoms with Crippen LogP contribution in [0.1, 0.15) is 18.1 Å². The molecule has 0 fully saturated rings. The van der Waals surface area contributed by atoms with Gasteiger partial charge in [0.1, 0.15) is 11.1 Å². The van der Waals surface area contributed by atoms with Crippen LogP contribution in [0.15, 0.2) is 42.1 Å². The van der Waals surface area contributed by atoms with E-state index >= 15 is 0 Å². The van der Waals surface area contributed by atoms with Gasteiger partial charge in [0.25, 0.3) is 5.56 Å². The summed E-state index contributed by atoms with van der Waals surface area (Å²) in [5.74, 6) is 0. The fourth-order valence-electron chi connectivity index (χ4n) is 2.28. The van der Waals surface area contributed by atoms with E-state index in [0.717, 1.165) is 5.56 Å². The first-order valence-electron chi connectivity index (χ1n) is 7.44. The normalized spacial score (nSPS) is 11.8. The Morgan fingerprint density at radius 3 is 2.96 bits per heavy atom.